The number of H-pyrrole nitrogens is 1. The van der Waals surface area contributed by atoms with Crippen molar-refractivity contribution in [3.05, 3.63) is 35.2 Å². The summed E-state index contributed by atoms with van der Waals surface area (Å²) in [6.07, 6.45) is 2.77. The van der Waals surface area contributed by atoms with Crippen LogP contribution >= 0.6 is 0 Å². The van der Waals surface area contributed by atoms with Crippen LogP contribution in [0.5, 0.6) is 5.75 Å². The molecule has 0 fully saturated rings. The average molecular weight is 230 g/mol. The summed E-state index contributed by atoms with van der Waals surface area (Å²) in [6, 6.07) is 6.36. The summed E-state index contributed by atoms with van der Waals surface area (Å²) in [6.45, 7) is 0.803. The lowest BCUT2D eigenvalue weighted by Crippen LogP contribution is -1.94. The largest absolute Gasteiger partial charge is 0.493 e. The second-order valence-corrected chi connectivity index (χ2v) is 4.18. The van der Waals surface area contributed by atoms with Crippen LogP contribution in [0, 0.1) is 0 Å². The van der Waals surface area contributed by atoms with Crippen LogP contribution in [0.3, 0.4) is 0 Å². The van der Waals surface area contributed by atoms with Crippen molar-refractivity contribution in [2.45, 2.75) is 19.3 Å². The molecule has 0 amide bonds. The van der Waals surface area contributed by atoms with Gasteiger partial charge in [0, 0.05) is 12.8 Å². The Balaban J connectivity index is 1.69. The topological polar surface area (TPSA) is 76.8 Å². The van der Waals surface area contributed by atoms with Gasteiger partial charge < -0.3 is 10.5 Å². The Labute approximate surface area is 99.0 Å². The number of aromatic amines is 1. The van der Waals surface area contributed by atoms with Crippen molar-refractivity contribution in [3.8, 4) is 5.75 Å². The van der Waals surface area contributed by atoms with Gasteiger partial charge in [-0.3, -0.25) is 5.10 Å². The molecule has 17 heavy (non-hydrogen) atoms. The lowest BCUT2D eigenvalue weighted by molar-refractivity contribution is 0.357. The number of fused-ring (bicyclic) bond motifs is 1. The Morgan fingerprint density at radius 3 is 3.12 bits per heavy atom. The highest BCUT2D eigenvalue weighted by atomic mass is 16.5. The maximum atomic E-state index is 5.47. The molecule has 1 aliphatic rings. The van der Waals surface area contributed by atoms with Gasteiger partial charge in [0.1, 0.15) is 11.6 Å². The molecule has 1 aliphatic heterocycles. The fourth-order valence-electron chi connectivity index (χ4n) is 2.08. The van der Waals surface area contributed by atoms with Crippen molar-refractivity contribution in [2.24, 2.45) is 0 Å². The highest BCUT2D eigenvalue weighted by Gasteiger charge is 2.12. The molecule has 2 aromatic rings. The first kappa shape index (κ1) is 10.1. The summed E-state index contributed by atoms with van der Waals surface area (Å²) >= 11 is 0. The quantitative estimate of drug-likeness (QED) is 0.828. The van der Waals surface area contributed by atoms with Crippen molar-refractivity contribution >= 4 is 5.95 Å². The fourth-order valence-corrected chi connectivity index (χ4v) is 2.08. The summed E-state index contributed by atoms with van der Waals surface area (Å²) in [7, 11) is 0. The van der Waals surface area contributed by atoms with Gasteiger partial charge in [0.15, 0.2) is 0 Å². The molecule has 3 rings (SSSR count). The molecule has 0 radical (unpaired) electrons. The highest BCUT2D eigenvalue weighted by Crippen LogP contribution is 2.26. The van der Waals surface area contributed by atoms with Gasteiger partial charge in [0.2, 0.25) is 5.95 Å². The van der Waals surface area contributed by atoms with Crippen LogP contribution < -0.4 is 10.5 Å². The van der Waals surface area contributed by atoms with Gasteiger partial charge in [-0.25, -0.2) is 0 Å². The first-order valence-electron chi connectivity index (χ1n) is 5.72. The van der Waals surface area contributed by atoms with Crippen molar-refractivity contribution in [1.82, 2.24) is 15.2 Å². The number of aromatic nitrogens is 3. The lowest BCUT2D eigenvalue weighted by Gasteiger charge is -2.02. The Kier molecular flexibility index (Phi) is 2.44. The minimum absolute atomic E-state index is 0.308. The SMILES string of the molecule is Nc1n[nH]c(CCc2ccc3c(c2)CCO3)n1. The molecule has 1 aromatic heterocycles. The molecule has 0 bridgehead atoms. The molecular weight excluding hydrogens is 216 g/mol. The molecule has 0 atom stereocenters. The lowest BCUT2D eigenvalue weighted by atomic mass is 10.0. The molecular formula is C12H14N4O. The molecule has 1 aromatic carbocycles. The molecule has 0 unspecified atom stereocenters. The van der Waals surface area contributed by atoms with Crippen molar-refractivity contribution < 1.29 is 4.74 Å². The Hall–Kier alpha value is -2.04. The number of nitrogens with two attached hydrogens (primary N) is 1. The number of aryl methyl sites for hydroxylation is 2. The minimum atomic E-state index is 0.308. The molecule has 3 N–H and O–H groups in total. The van der Waals surface area contributed by atoms with E-state index in [1.165, 1.54) is 11.1 Å². The van der Waals surface area contributed by atoms with E-state index in [2.05, 4.69) is 27.3 Å². The Morgan fingerprint density at radius 2 is 2.29 bits per heavy atom. The van der Waals surface area contributed by atoms with E-state index < -0.39 is 0 Å². The number of rotatable bonds is 3. The Bertz CT molecular complexity index is 535. The molecule has 0 spiro atoms. The zero-order chi connectivity index (χ0) is 11.7. The van der Waals surface area contributed by atoms with E-state index in [-0.39, 0.29) is 0 Å². The smallest absolute Gasteiger partial charge is 0.239 e. The second kappa shape index (κ2) is 4.08. The molecule has 88 valence electrons. The van der Waals surface area contributed by atoms with Gasteiger partial charge in [0.25, 0.3) is 0 Å². The summed E-state index contributed by atoms with van der Waals surface area (Å²) < 4.78 is 5.47. The van der Waals surface area contributed by atoms with Gasteiger partial charge in [-0.1, -0.05) is 12.1 Å². The summed E-state index contributed by atoms with van der Waals surface area (Å²) in [5.41, 5.74) is 8.05. The molecule has 0 saturated carbocycles. The number of hydrogen-bond acceptors (Lipinski definition) is 4. The maximum absolute atomic E-state index is 5.47. The monoisotopic (exact) mass is 230 g/mol. The summed E-state index contributed by atoms with van der Waals surface area (Å²) in [5, 5.41) is 6.63. The number of nitrogens with one attached hydrogen (secondary N) is 1. The van der Waals surface area contributed by atoms with E-state index in [4.69, 9.17) is 10.5 Å². The van der Waals surface area contributed by atoms with Crippen LogP contribution in [-0.4, -0.2) is 21.8 Å². The number of benzene rings is 1. The van der Waals surface area contributed by atoms with E-state index in [1.807, 2.05) is 6.07 Å². The standard InChI is InChI=1S/C12H14N4O/c13-12-14-11(15-16-12)4-2-8-1-3-10-9(7-8)5-6-17-10/h1,3,7H,2,4-6H2,(H3,13,14,15,16). The molecule has 0 aliphatic carbocycles. The van der Waals surface area contributed by atoms with E-state index in [0.29, 0.717) is 5.95 Å². The predicted molar refractivity (Wildman–Crippen MR) is 63.8 cm³/mol. The fraction of sp³-hybridized carbons (Fsp3) is 0.333. The van der Waals surface area contributed by atoms with Crippen molar-refractivity contribution in [2.75, 3.05) is 12.3 Å². The predicted octanol–water partition coefficient (Wildman–Crippen LogP) is 1.11. The van der Waals surface area contributed by atoms with Gasteiger partial charge in [-0.05, 0) is 23.6 Å². The summed E-state index contributed by atoms with van der Waals surface area (Å²) in [5.74, 6) is 2.17. The van der Waals surface area contributed by atoms with Crippen molar-refractivity contribution in [3.63, 3.8) is 0 Å². The zero-order valence-corrected chi connectivity index (χ0v) is 9.44. The van der Waals surface area contributed by atoms with Crippen LogP contribution in [0.1, 0.15) is 17.0 Å². The second-order valence-electron chi connectivity index (χ2n) is 4.18. The first-order chi connectivity index (χ1) is 8.31. The first-order valence-corrected chi connectivity index (χ1v) is 5.72. The minimum Gasteiger partial charge on any atom is -0.493 e. The van der Waals surface area contributed by atoms with Gasteiger partial charge in [0.05, 0.1) is 6.61 Å². The normalized spacial score (nSPS) is 13.4. The van der Waals surface area contributed by atoms with Crippen LogP contribution in [0.4, 0.5) is 5.95 Å². The van der Waals surface area contributed by atoms with Crippen LogP contribution in [-0.2, 0) is 19.3 Å². The van der Waals surface area contributed by atoms with Gasteiger partial charge in [-0.2, -0.15) is 4.98 Å². The number of ether oxygens (including phenoxy) is 1. The number of anilines is 1. The van der Waals surface area contributed by atoms with E-state index in [1.54, 1.807) is 0 Å². The molecule has 0 saturated heterocycles. The maximum Gasteiger partial charge on any atom is 0.239 e. The number of hydrogen-bond donors (Lipinski definition) is 2. The average Bonchev–Trinajstić information content (AvgIpc) is 2.94. The number of nitrogen functional groups attached to an aromatic ring is 1. The van der Waals surface area contributed by atoms with Crippen molar-refractivity contribution in [1.29, 1.82) is 0 Å². The third-order valence-electron chi connectivity index (χ3n) is 2.95. The third kappa shape index (κ3) is 2.08. The van der Waals surface area contributed by atoms with E-state index in [0.717, 1.165) is 37.4 Å². The van der Waals surface area contributed by atoms with E-state index >= 15 is 0 Å². The highest BCUT2D eigenvalue weighted by molar-refractivity contribution is 5.39. The van der Waals surface area contributed by atoms with Crippen LogP contribution in [0.25, 0.3) is 0 Å². The number of nitrogens with zero attached hydrogens (tertiary/aromatic N) is 2. The Morgan fingerprint density at radius 1 is 1.35 bits per heavy atom. The zero-order valence-electron chi connectivity index (χ0n) is 9.44. The van der Waals surface area contributed by atoms with Crippen LogP contribution in [0.15, 0.2) is 18.2 Å². The van der Waals surface area contributed by atoms with Gasteiger partial charge in [-0.15, -0.1) is 5.10 Å². The molecule has 5 heteroatoms. The summed E-state index contributed by atoms with van der Waals surface area (Å²) in [4.78, 5) is 4.08. The van der Waals surface area contributed by atoms with Gasteiger partial charge >= 0.3 is 0 Å². The third-order valence-corrected chi connectivity index (χ3v) is 2.95. The van der Waals surface area contributed by atoms with Crippen LogP contribution in [0.2, 0.25) is 0 Å². The molecule has 5 nitrogen and oxygen atoms in total. The molecule has 2 heterocycles. The van der Waals surface area contributed by atoms with E-state index in [9.17, 15) is 0 Å².